The summed E-state index contributed by atoms with van der Waals surface area (Å²) in [7, 11) is 0. The van der Waals surface area contributed by atoms with Crippen molar-refractivity contribution in [2.24, 2.45) is 0 Å². The average molecular weight is 313 g/mol. The van der Waals surface area contributed by atoms with Gasteiger partial charge in [-0.15, -0.1) is 10.2 Å². The molecule has 0 bridgehead atoms. The van der Waals surface area contributed by atoms with Gasteiger partial charge in [0.25, 0.3) is 0 Å². The van der Waals surface area contributed by atoms with E-state index in [2.05, 4.69) is 15.5 Å². The minimum atomic E-state index is -4.38. The van der Waals surface area contributed by atoms with Gasteiger partial charge in [0.15, 0.2) is 0 Å². The van der Waals surface area contributed by atoms with Gasteiger partial charge in [-0.3, -0.25) is 0 Å². The lowest BCUT2D eigenvalue weighted by molar-refractivity contribution is -0.137. The van der Waals surface area contributed by atoms with Gasteiger partial charge in [0, 0.05) is 18.0 Å². The number of alkyl halides is 3. The van der Waals surface area contributed by atoms with Crippen LogP contribution in [-0.4, -0.2) is 23.3 Å². The summed E-state index contributed by atoms with van der Waals surface area (Å²) in [4.78, 5) is 0. The Balaban J connectivity index is 1.93. The smallest absolute Gasteiger partial charge is 0.316 e. The molecule has 1 aliphatic rings. The lowest BCUT2D eigenvalue weighted by Crippen LogP contribution is -2.28. The third-order valence-corrected chi connectivity index (χ3v) is 4.67. The van der Waals surface area contributed by atoms with Gasteiger partial charge in [-0.2, -0.15) is 13.2 Å². The summed E-state index contributed by atoms with van der Waals surface area (Å²) in [5.74, 6) is 0.253. The lowest BCUT2D eigenvalue weighted by atomic mass is 10.0. The molecule has 112 valence electrons. The lowest BCUT2D eigenvalue weighted by Gasteiger charge is -2.19. The van der Waals surface area contributed by atoms with Crippen LogP contribution in [0.4, 0.5) is 13.2 Å². The van der Waals surface area contributed by atoms with Crippen LogP contribution in [0.1, 0.15) is 29.3 Å². The second kappa shape index (κ2) is 5.73. The second-order valence-corrected chi connectivity index (χ2v) is 6.04. The van der Waals surface area contributed by atoms with Crippen LogP contribution >= 0.6 is 11.3 Å². The van der Waals surface area contributed by atoms with E-state index in [1.54, 1.807) is 6.07 Å². The molecule has 0 aliphatic carbocycles. The molecule has 1 unspecified atom stereocenters. The largest absolute Gasteiger partial charge is 0.417 e. The van der Waals surface area contributed by atoms with Crippen LogP contribution in [0.5, 0.6) is 0 Å². The molecule has 2 heterocycles. The Labute approximate surface area is 124 Å². The number of hydrogen-bond acceptors (Lipinski definition) is 4. The van der Waals surface area contributed by atoms with Gasteiger partial charge < -0.3 is 5.32 Å². The Morgan fingerprint density at radius 1 is 1.19 bits per heavy atom. The van der Waals surface area contributed by atoms with Crippen LogP contribution in [0.15, 0.2) is 24.3 Å². The normalized spacial score (nSPS) is 19.7. The summed E-state index contributed by atoms with van der Waals surface area (Å²) in [6.45, 7) is 1.80. The monoisotopic (exact) mass is 313 g/mol. The topological polar surface area (TPSA) is 37.8 Å². The second-order valence-electron chi connectivity index (χ2n) is 5.03. The van der Waals surface area contributed by atoms with Crippen molar-refractivity contribution in [3.63, 3.8) is 0 Å². The molecule has 7 heteroatoms. The van der Waals surface area contributed by atoms with E-state index < -0.39 is 11.7 Å². The summed E-state index contributed by atoms with van der Waals surface area (Å²) >= 11 is 1.26. The van der Waals surface area contributed by atoms with Crippen molar-refractivity contribution >= 4 is 11.3 Å². The number of benzene rings is 1. The molecule has 3 nitrogen and oxygen atoms in total. The zero-order valence-electron chi connectivity index (χ0n) is 11.2. The Morgan fingerprint density at radius 3 is 2.71 bits per heavy atom. The number of piperidine rings is 1. The number of aromatic nitrogens is 2. The van der Waals surface area contributed by atoms with E-state index in [9.17, 15) is 13.2 Å². The highest BCUT2D eigenvalue weighted by Gasteiger charge is 2.34. The van der Waals surface area contributed by atoms with Crippen molar-refractivity contribution in [1.29, 1.82) is 0 Å². The van der Waals surface area contributed by atoms with Crippen molar-refractivity contribution in [2.75, 3.05) is 13.1 Å². The van der Waals surface area contributed by atoms with Crippen molar-refractivity contribution in [3.05, 3.63) is 34.8 Å². The standard InChI is InChI=1S/C14H14F3N3S/c15-14(16,17)11-6-2-1-5-10(11)13-20-19-12(21-13)9-4-3-7-18-8-9/h1-2,5-6,9,18H,3-4,7-8H2. The van der Waals surface area contributed by atoms with E-state index in [-0.39, 0.29) is 11.5 Å². The molecule has 1 N–H and O–H groups in total. The minimum absolute atomic E-state index is 0.109. The molecule has 2 aromatic rings. The molecular formula is C14H14F3N3S. The van der Waals surface area contributed by atoms with E-state index in [1.807, 2.05) is 0 Å². The van der Waals surface area contributed by atoms with Crippen molar-refractivity contribution in [1.82, 2.24) is 15.5 Å². The maximum atomic E-state index is 13.0. The number of nitrogens with zero attached hydrogens (tertiary/aromatic N) is 2. The molecule has 1 fully saturated rings. The molecule has 3 rings (SSSR count). The molecular weight excluding hydrogens is 299 g/mol. The third kappa shape index (κ3) is 3.08. The zero-order valence-corrected chi connectivity index (χ0v) is 12.0. The van der Waals surface area contributed by atoms with E-state index in [4.69, 9.17) is 0 Å². The molecule has 0 spiro atoms. The zero-order chi connectivity index (χ0) is 14.9. The van der Waals surface area contributed by atoms with Crippen LogP contribution in [-0.2, 0) is 6.18 Å². The summed E-state index contributed by atoms with van der Waals surface area (Å²) in [5.41, 5.74) is -0.549. The maximum Gasteiger partial charge on any atom is 0.417 e. The summed E-state index contributed by atoms with van der Waals surface area (Å²) in [6, 6.07) is 5.51. The molecule has 1 aromatic carbocycles. The van der Waals surface area contributed by atoms with E-state index in [0.717, 1.165) is 37.0 Å². The first kappa shape index (κ1) is 14.5. The van der Waals surface area contributed by atoms with Crippen LogP contribution in [0.2, 0.25) is 0 Å². The van der Waals surface area contributed by atoms with Crippen molar-refractivity contribution < 1.29 is 13.2 Å². The van der Waals surface area contributed by atoms with Gasteiger partial charge in [0.2, 0.25) is 0 Å². The molecule has 1 atom stereocenters. The average Bonchev–Trinajstić information content (AvgIpc) is 2.97. The molecule has 21 heavy (non-hydrogen) atoms. The molecule has 1 saturated heterocycles. The highest BCUT2D eigenvalue weighted by atomic mass is 32.1. The highest BCUT2D eigenvalue weighted by Crippen LogP contribution is 2.39. The van der Waals surface area contributed by atoms with Gasteiger partial charge in [0.1, 0.15) is 10.0 Å². The van der Waals surface area contributed by atoms with Gasteiger partial charge in [-0.25, -0.2) is 0 Å². The predicted octanol–water partition coefficient (Wildman–Crippen LogP) is 3.69. The Bertz CT molecular complexity index is 618. The number of nitrogens with one attached hydrogen (secondary N) is 1. The number of hydrogen-bond donors (Lipinski definition) is 1. The summed E-state index contributed by atoms with van der Waals surface area (Å²) < 4.78 is 39.1. The van der Waals surface area contributed by atoms with Gasteiger partial charge in [-0.05, 0) is 25.5 Å². The fourth-order valence-electron chi connectivity index (χ4n) is 2.49. The molecule has 0 amide bonds. The maximum absolute atomic E-state index is 13.0. The minimum Gasteiger partial charge on any atom is -0.316 e. The summed E-state index contributed by atoms with van der Waals surface area (Å²) in [6.07, 6.45) is -2.32. The third-order valence-electron chi connectivity index (χ3n) is 3.55. The van der Waals surface area contributed by atoms with Crippen LogP contribution in [0.3, 0.4) is 0 Å². The predicted molar refractivity (Wildman–Crippen MR) is 75.2 cm³/mol. The van der Waals surface area contributed by atoms with Gasteiger partial charge >= 0.3 is 6.18 Å². The first-order valence-corrected chi connectivity index (χ1v) is 7.58. The fourth-order valence-corrected chi connectivity index (χ4v) is 3.51. The molecule has 0 saturated carbocycles. The first-order chi connectivity index (χ1) is 10.1. The van der Waals surface area contributed by atoms with Crippen LogP contribution in [0.25, 0.3) is 10.6 Å². The first-order valence-electron chi connectivity index (χ1n) is 6.76. The number of halogens is 3. The number of rotatable bonds is 2. The summed E-state index contributed by atoms with van der Waals surface area (Å²) in [5, 5.41) is 12.5. The van der Waals surface area contributed by atoms with Gasteiger partial charge in [-0.1, -0.05) is 29.5 Å². The quantitative estimate of drug-likeness (QED) is 0.919. The van der Waals surface area contributed by atoms with E-state index in [0.29, 0.717) is 5.01 Å². The van der Waals surface area contributed by atoms with Crippen LogP contribution in [0, 0.1) is 0 Å². The molecule has 1 aliphatic heterocycles. The fraction of sp³-hybridized carbons (Fsp3) is 0.429. The van der Waals surface area contributed by atoms with E-state index >= 15 is 0 Å². The highest BCUT2D eigenvalue weighted by molar-refractivity contribution is 7.14. The molecule has 1 aromatic heterocycles. The Morgan fingerprint density at radius 2 is 2.00 bits per heavy atom. The van der Waals surface area contributed by atoms with Gasteiger partial charge in [0.05, 0.1) is 5.56 Å². The van der Waals surface area contributed by atoms with Crippen molar-refractivity contribution in [2.45, 2.75) is 24.9 Å². The van der Waals surface area contributed by atoms with Crippen molar-refractivity contribution in [3.8, 4) is 10.6 Å². The molecule has 0 radical (unpaired) electrons. The Hall–Kier alpha value is -1.47. The Kier molecular flexibility index (Phi) is 3.95. The van der Waals surface area contributed by atoms with Crippen LogP contribution < -0.4 is 5.32 Å². The SMILES string of the molecule is FC(F)(F)c1ccccc1-c1nnc(C2CCCNC2)s1. The van der Waals surface area contributed by atoms with E-state index in [1.165, 1.54) is 23.5 Å².